The molecule has 0 unspecified atom stereocenters. The Morgan fingerprint density at radius 1 is 1.24 bits per heavy atom. The van der Waals surface area contributed by atoms with Gasteiger partial charge >= 0.3 is 0 Å². The summed E-state index contributed by atoms with van der Waals surface area (Å²) in [5, 5.41) is 8.84. The van der Waals surface area contributed by atoms with E-state index in [1.807, 2.05) is 6.07 Å². The monoisotopic (exact) mass is 233 g/mol. The Labute approximate surface area is 98.5 Å². The van der Waals surface area contributed by atoms with E-state index in [-0.39, 0.29) is 19.0 Å². The summed E-state index contributed by atoms with van der Waals surface area (Å²) in [6, 6.07) is 9.84. The first-order valence-electron chi connectivity index (χ1n) is 5.21. The second-order valence-corrected chi connectivity index (χ2v) is 3.53. The van der Waals surface area contributed by atoms with Crippen LogP contribution in [-0.4, -0.2) is 10.1 Å². The van der Waals surface area contributed by atoms with Crippen LogP contribution in [0, 0.1) is 5.82 Å². The number of halogens is 1. The lowest BCUT2D eigenvalue weighted by molar-refractivity contribution is 0.275. The lowest BCUT2D eigenvalue weighted by atomic mass is 10.2. The van der Waals surface area contributed by atoms with Crippen molar-refractivity contribution in [1.29, 1.82) is 0 Å². The molecule has 0 saturated heterocycles. The molecule has 1 aromatic heterocycles. The zero-order valence-corrected chi connectivity index (χ0v) is 9.14. The van der Waals surface area contributed by atoms with Crippen LogP contribution in [0.4, 0.5) is 4.39 Å². The maximum absolute atomic E-state index is 13.5. The minimum Gasteiger partial charge on any atom is -0.484 e. The van der Waals surface area contributed by atoms with E-state index >= 15 is 0 Å². The van der Waals surface area contributed by atoms with Gasteiger partial charge < -0.3 is 9.84 Å². The molecule has 2 rings (SSSR count). The Morgan fingerprint density at radius 2 is 2.12 bits per heavy atom. The fraction of sp³-hybridized carbons (Fsp3) is 0.154. The molecule has 0 saturated carbocycles. The summed E-state index contributed by atoms with van der Waals surface area (Å²) in [7, 11) is 0. The van der Waals surface area contributed by atoms with Crippen molar-refractivity contribution < 1.29 is 14.2 Å². The number of hydrogen-bond donors (Lipinski definition) is 1. The van der Waals surface area contributed by atoms with Gasteiger partial charge in [0.1, 0.15) is 6.61 Å². The van der Waals surface area contributed by atoms with Crippen LogP contribution in [0.3, 0.4) is 0 Å². The molecule has 17 heavy (non-hydrogen) atoms. The molecule has 0 fully saturated rings. The largest absolute Gasteiger partial charge is 0.484 e. The first-order valence-corrected chi connectivity index (χ1v) is 5.21. The highest BCUT2D eigenvalue weighted by Crippen LogP contribution is 2.19. The van der Waals surface area contributed by atoms with E-state index in [9.17, 15) is 4.39 Å². The van der Waals surface area contributed by atoms with Crippen molar-refractivity contribution in [2.45, 2.75) is 13.2 Å². The highest BCUT2D eigenvalue weighted by molar-refractivity contribution is 5.29. The van der Waals surface area contributed by atoms with Crippen molar-refractivity contribution in [1.82, 2.24) is 4.98 Å². The van der Waals surface area contributed by atoms with E-state index in [0.717, 1.165) is 5.69 Å². The number of aromatic nitrogens is 1. The standard InChI is InChI=1S/C13H12FNO2/c14-12-7-10(8-16)4-5-13(12)17-9-11-3-1-2-6-15-11/h1-7,16H,8-9H2. The molecule has 1 heterocycles. The molecule has 4 heteroatoms. The van der Waals surface area contributed by atoms with Gasteiger partial charge in [0.15, 0.2) is 11.6 Å². The minimum atomic E-state index is -0.479. The molecule has 3 nitrogen and oxygen atoms in total. The first kappa shape index (κ1) is 11.5. The van der Waals surface area contributed by atoms with Gasteiger partial charge in [0, 0.05) is 6.20 Å². The topological polar surface area (TPSA) is 42.4 Å². The molecular formula is C13H12FNO2. The number of benzene rings is 1. The van der Waals surface area contributed by atoms with Crippen LogP contribution in [0.25, 0.3) is 0 Å². The predicted molar refractivity (Wildman–Crippen MR) is 60.9 cm³/mol. The van der Waals surface area contributed by atoms with Gasteiger partial charge in [-0.3, -0.25) is 4.98 Å². The summed E-state index contributed by atoms with van der Waals surface area (Å²) in [5.41, 5.74) is 1.26. The summed E-state index contributed by atoms with van der Waals surface area (Å²) in [4.78, 5) is 4.07. The van der Waals surface area contributed by atoms with Crippen molar-refractivity contribution >= 4 is 0 Å². The van der Waals surface area contributed by atoms with Crippen LogP contribution in [-0.2, 0) is 13.2 Å². The molecule has 0 bridgehead atoms. The third kappa shape index (κ3) is 3.01. The number of nitrogens with zero attached hydrogens (tertiary/aromatic N) is 1. The number of rotatable bonds is 4. The number of pyridine rings is 1. The zero-order chi connectivity index (χ0) is 12.1. The maximum atomic E-state index is 13.5. The molecule has 0 spiro atoms. The molecule has 1 N–H and O–H groups in total. The molecular weight excluding hydrogens is 221 g/mol. The zero-order valence-electron chi connectivity index (χ0n) is 9.14. The molecule has 0 aliphatic rings. The van der Waals surface area contributed by atoms with Crippen LogP contribution >= 0.6 is 0 Å². The van der Waals surface area contributed by atoms with Gasteiger partial charge in [-0.15, -0.1) is 0 Å². The molecule has 2 aromatic rings. The lowest BCUT2D eigenvalue weighted by Gasteiger charge is -2.07. The summed E-state index contributed by atoms with van der Waals surface area (Å²) in [6.45, 7) is 0.0354. The van der Waals surface area contributed by atoms with Crippen molar-refractivity contribution in [2.75, 3.05) is 0 Å². The van der Waals surface area contributed by atoms with E-state index < -0.39 is 5.82 Å². The highest BCUT2D eigenvalue weighted by atomic mass is 19.1. The van der Waals surface area contributed by atoms with Crippen molar-refractivity contribution in [3.8, 4) is 5.75 Å². The van der Waals surface area contributed by atoms with E-state index in [1.165, 1.54) is 12.1 Å². The SMILES string of the molecule is OCc1ccc(OCc2ccccn2)c(F)c1. The Hall–Kier alpha value is -1.94. The normalized spacial score (nSPS) is 10.2. The highest BCUT2D eigenvalue weighted by Gasteiger charge is 2.04. The van der Waals surface area contributed by atoms with E-state index in [2.05, 4.69) is 4.98 Å². The maximum Gasteiger partial charge on any atom is 0.165 e. The first-order chi connectivity index (χ1) is 8.29. The second kappa shape index (κ2) is 5.41. The average Bonchev–Trinajstić information content (AvgIpc) is 2.38. The van der Waals surface area contributed by atoms with Gasteiger partial charge in [0.25, 0.3) is 0 Å². The van der Waals surface area contributed by atoms with E-state index in [0.29, 0.717) is 5.56 Å². The van der Waals surface area contributed by atoms with Gasteiger partial charge in [-0.25, -0.2) is 4.39 Å². The number of aliphatic hydroxyl groups excluding tert-OH is 1. The smallest absolute Gasteiger partial charge is 0.165 e. The molecule has 88 valence electrons. The summed E-state index contributed by atoms with van der Waals surface area (Å²) < 4.78 is 18.8. The second-order valence-electron chi connectivity index (χ2n) is 3.53. The molecule has 1 aromatic carbocycles. The van der Waals surface area contributed by atoms with Crippen molar-refractivity contribution in [2.24, 2.45) is 0 Å². The number of aliphatic hydroxyl groups is 1. The third-order valence-corrected chi connectivity index (χ3v) is 2.28. The van der Waals surface area contributed by atoms with Crippen molar-refractivity contribution in [3.05, 3.63) is 59.7 Å². The molecule has 0 atom stereocenters. The number of ether oxygens (including phenoxy) is 1. The quantitative estimate of drug-likeness (QED) is 0.881. The van der Waals surface area contributed by atoms with E-state index in [1.54, 1.807) is 24.4 Å². The van der Waals surface area contributed by atoms with Crippen LogP contribution < -0.4 is 4.74 Å². The molecule has 0 aliphatic heterocycles. The molecule has 0 radical (unpaired) electrons. The van der Waals surface area contributed by atoms with Gasteiger partial charge in [-0.2, -0.15) is 0 Å². The van der Waals surface area contributed by atoms with Gasteiger partial charge in [-0.05, 0) is 29.8 Å². The summed E-state index contributed by atoms with van der Waals surface area (Å²) >= 11 is 0. The van der Waals surface area contributed by atoms with Gasteiger partial charge in [0.2, 0.25) is 0 Å². The fourth-order valence-corrected chi connectivity index (χ4v) is 1.39. The Morgan fingerprint density at radius 3 is 2.76 bits per heavy atom. The third-order valence-electron chi connectivity index (χ3n) is 2.28. The van der Waals surface area contributed by atoms with Gasteiger partial charge in [0.05, 0.1) is 12.3 Å². The van der Waals surface area contributed by atoms with Crippen molar-refractivity contribution in [3.63, 3.8) is 0 Å². The molecule has 0 aliphatic carbocycles. The number of hydrogen-bond acceptors (Lipinski definition) is 3. The van der Waals surface area contributed by atoms with Crippen LogP contribution in [0.1, 0.15) is 11.3 Å². The minimum absolute atomic E-state index is 0.160. The Bertz CT molecular complexity index is 488. The lowest BCUT2D eigenvalue weighted by Crippen LogP contribution is -1.99. The molecule has 0 amide bonds. The van der Waals surface area contributed by atoms with Crippen LogP contribution in [0.2, 0.25) is 0 Å². The summed E-state index contributed by atoms with van der Waals surface area (Å²) in [6.07, 6.45) is 1.66. The van der Waals surface area contributed by atoms with Gasteiger partial charge in [-0.1, -0.05) is 12.1 Å². The average molecular weight is 233 g/mol. The fourth-order valence-electron chi connectivity index (χ4n) is 1.39. The van der Waals surface area contributed by atoms with Crippen LogP contribution in [0.5, 0.6) is 5.75 Å². The Kier molecular flexibility index (Phi) is 3.67. The van der Waals surface area contributed by atoms with Crippen LogP contribution in [0.15, 0.2) is 42.6 Å². The predicted octanol–water partition coefficient (Wildman–Crippen LogP) is 2.29. The van der Waals surface area contributed by atoms with E-state index in [4.69, 9.17) is 9.84 Å². The summed E-state index contributed by atoms with van der Waals surface area (Å²) in [5.74, 6) is -0.319. The Balaban J connectivity index is 2.04.